The zero-order valence-electron chi connectivity index (χ0n) is 12.1. The summed E-state index contributed by atoms with van der Waals surface area (Å²) >= 11 is 0. The van der Waals surface area contributed by atoms with Crippen LogP contribution in [0.5, 0.6) is 5.75 Å². The molecule has 1 heterocycles. The van der Waals surface area contributed by atoms with Gasteiger partial charge in [0, 0.05) is 22.2 Å². The van der Waals surface area contributed by atoms with Crippen molar-refractivity contribution in [1.29, 1.82) is 5.26 Å². The van der Waals surface area contributed by atoms with Crippen LogP contribution in [0, 0.1) is 18.3 Å². The van der Waals surface area contributed by atoms with Crippen LogP contribution in [0.4, 0.5) is 0 Å². The van der Waals surface area contributed by atoms with Crippen molar-refractivity contribution < 1.29 is 4.74 Å². The van der Waals surface area contributed by atoms with Gasteiger partial charge in [0.15, 0.2) is 0 Å². The molecule has 0 bridgehead atoms. The van der Waals surface area contributed by atoms with E-state index in [4.69, 9.17) is 10.00 Å². The number of aromatic nitrogens is 1. The lowest BCUT2D eigenvalue weighted by atomic mass is 10.1. The highest BCUT2D eigenvalue weighted by Crippen LogP contribution is 2.25. The summed E-state index contributed by atoms with van der Waals surface area (Å²) in [7, 11) is 1.69. The van der Waals surface area contributed by atoms with Crippen LogP contribution in [0.15, 0.2) is 48.5 Å². The highest BCUT2D eigenvalue weighted by atomic mass is 16.5. The van der Waals surface area contributed by atoms with Crippen molar-refractivity contribution in [2.75, 3.05) is 7.11 Å². The molecule has 3 rings (SSSR count). The number of para-hydroxylation sites is 1. The number of rotatable bonds is 3. The van der Waals surface area contributed by atoms with Gasteiger partial charge in [-0.1, -0.05) is 18.2 Å². The first-order valence-corrected chi connectivity index (χ1v) is 6.85. The number of methoxy groups -OCH3 is 1. The van der Waals surface area contributed by atoms with E-state index in [0.29, 0.717) is 5.56 Å². The minimum atomic E-state index is 0.692. The van der Waals surface area contributed by atoms with Gasteiger partial charge in [0.05, 0.1) is 25.3 Å². The van der Waals surface area contributed by atoms with Gasteiger partial charge in [-0.15, -0.1) is 0 Å². The standard InChI is InChI=1S/C18H16N2O/c1-13-9-16-10-14(11-19)7-8-17(16)20(13)12-15-5-3-4-6-18(15)21-2/h3-10H,12H2,1-2H3. The Hall–Kier alpha value is -2.73. The monoisotopic (exact) mass is 276 g/mol. The van der Waals surface area contributed by atoms with E-state index < -0.39 is 0 Å². The van der Waals surface area contributed by atoms with Gasteiger partial charge in [0.2, 0.25) is 0 Å². The Kier molecular flexibility index (Phi) is 3.37. The smallest absolute Gasteiger partial charge is 0.123 e. The topological polar surface area (TPSA) is 38.0 Å². The Bertz CT molecular complexity index is 840. The van der Waals surface area contributed by atoms with Gasteiger partial charge < -0.3 is 9.30 Å². The molecule has 0 atom stereocenters. The number of hydrogen-bond acceptors (Lipinski definition) is 2. The van der Waals surface area contributed by atoms with Crippen LogP contribution >= 0.6 is 0 Å². The van der Waals surface area contributed by atoms with Crippen molar-refractivity contribution in [3.8, 4) is 11.8 Å². The van der Waals surface area contributed by atoms with E-state index in [9.17, 15) is 0 Å². The van der Waals surface area contributed by atoms with Crippen LogP contribution in [-0.2, 0) is 6.54 Å². The summed E-state index contributed by atoms with van der Waals surface area (Å²) in [6, 6.07) is 18.2. The largest absolute Gasteiger partial charge is 0.496 e. The summed E-state index contributed by atoms with van der Waals surface area (Å²) in [5, 5.41) is 10.1. The first kappa shape index (κ1) is 13.3. The molecule has 3 nitrogen and oxygen atoms in total. The van der Waals surface area contributed by atoms with E-state index in [-0.39, 0.29) is 0 Å². The van der Waals surface area contributed by atoms with Crippen molar-refractivity contribution in [1.82, 2.24) is 4.57 Å². The summed E-state index contributed by atoms with van der Waals surface area (Å²) in [5.74, 6) is 0.896. The molecule has 0 N–H and O–H groups in total. The maximum Gasteiger partial charge on any atom is 0.123 e. The molecule has 0 amide bonds. The third-order valence-electron chi connectivity index (χ3n) is 3.76. The third kappa shape index (κ3) is 2.36. The molecule has 3 heteroatoms. The molecule has 0 fully saturated rings. The fraction of sp³-hybridized carbons (Fsp3) is 0.167. The zero-order valence-corrected chi connectivity index (χ0v) is 12.1. The first-order chi connectivity index (χ1) is 10.2. The number of nitrogens with zero attached hydrogens (tertiary/aromatic N) is 2. The van der Waals surface area contributed by atoms with E-state index in [1.165, 1.54) is 5.69 Å². The van der Waals surface area contributed by atoms with Gasteiger partial charge in [-0.2, -0.15) is 5.26 Å². The van der Waals surface area contributed by atoms with Crippen molar-refractivity contribution in [3.05, 3.63) is 65.4 Å². The average Bonchev–Trinajstić information content (AvgIpc) is 2.83. The molecule has 0 unspecified atom stereocenters. The second kappa shape index (κ2) is 5.34. The number of nitriles is 1. The van der Waals surface area contributed by atoms with Crippen LogP contribution in [-0.4, -0.2) is 11.7 Å². The Morgan fingerprint density at radius 1 is 1.14 bits per heavy atom. The lowest BCUT2D eigenvalue weighted by molar-refractivity contribution is 0.408. The molecule has 104 valence electrons. The molecule has 0 saturated heterocycles. The van der Waals surface area contributed by atoms with Gasteiger partial charge in [-0.25, -0.2) is 0 Å². The SMILES string of the molecule is COc1ccccc1Cn1c(C)cc2cc(C#N)ccc21. The molecular weight excluding hydrogens is 260 g/mol. The molecule has 0 aliphatic carbocycles. The number of hydrogen-bond donors (Lipinski definition) is 0. The second-order valence-corrected chi connectivity index (χ2v) is 5.07. The first-order valence-electron chi connectivity index (χ1n) is 6.85. The van der Waals surface area contributed by atoms with Crippen LogP contribution in [0.25, 0.3) is 10.9 Å². The second-order valence-electron chi connectivity index (χ2n) is 5.07. The van der Waals surface area contributed by atoms with E-state index in [0.717, 1.165) is 28.8 Å². The molecule has 0 spiro atoms. The molecule has 1 aromatic heterocycles. The summed E-state index contributed by atoms with van der Waals surface area (Å²) in [6.45, 7) is 2.84. The Morgan fingerprint density at radius 3 is 2.71 bits per heavy atom. The quantitative estimate of drug-likeness (QED) is 0.728. The molecular formula is C18H16N2O. The predicted molar refractivity (Wildman–Crippen MR) is 83.5 cm³/mol. The summed E-state index contributed by atoms with van der Waals surface area (Å²) in [6.07, 6.45) is 0. The lowest BCUT2D eigenvalue weighted by Crippen LogP contribution is -2.03. The average molecular weight is 276 g/mol. The zero-order chi connectivity index (χ0) is 14.8. The highest BCUT2D eigenvalue weighted by Gasteiger charge is 2.09. The fourth-order valence-electron chi connectivity index (χ4n) is 2.69. The van der Waals surface area contributed by atoms with Gasteiger partial charge in [0.1, 0.15) is 5.75 Å². The third-order valence-corrected chi connectivity index (χ3v) is 3.76. The minimum Gasteiger partial charge on any atom is -0.496 e. The minimum absolute atomic E-state index is 0.692. The van der Waals surface area contributed by atoms with Crippen LogP contribution in [0.1, 0.15) is 16.8 Å². The molecule has 2 aromatic carbocycles. The van der Waals surface area contributed by atoms with Crippen LogP contribution in [0.2, 0.25) is 0 Å². The molecule has 0 radical (unpaired) electrons. The van der Waals surface area contributed by atoms with Crippen molar-refractivity contribution in [2.24, 2.45) is 0 Å². The molecule has 0 aliphatic heterocycles. The lowest BCUT2D eigenvalue weighted by Gasteiger charge is -2.12. The number of benzene rings is 2. The van der Waals surface area contributed by atoms with Gasteiger partial charge in [-0.3, -0.25) is 0 Å². The normalized spacial score (nSPS) is 10.5. The summed E-state index contributed by atoms with van der Waals surface area (Å²) < 4.78 is 7.67. The Labute approximate surface area is 124 Å². The number of aryl methyl sites for hydroxylation is 1. The number of ether oxygens (including phenoxy) is 1. The van der Waals surface area contributed by atoms with Crippen molar-refractivity contribution in [3.63, 3.8) is 0 Å². The van der Waals surface area contributed by atoms with Crippen molar-refractivity contribution >= 4 is 10.9 Å². The Balaban J connectivity index is 2.09. The summed E-state index contributed by atoms with van der Waals surface area (Å²) in [4.78, 5) is 0. The maximum absolute atomic E-state index is 9.00. The summed E-state index contributed by atoms with van der Waals surface area (Å²) in [5.41, 5.74) is 4.14. The highest BCUT2D eigenvalue weighted by molar-refractivity contribution is 5.82. The Morgan fingerprint density at radius 2 is 1.95 bits per heavy atom. The maximum atomic E-state index is 9.00. The van der Waals surface area contributed by atoms with E-state index in [1.807, 2.05) is 36.4 Å². The number of fused-ring (bicyclic) bond motifs is 1. The van der Waals surface area contributed by atoms with Gasteiger partial charge in [0.25, 0.3) is 0 Å². The molecule has 0 saturated carbocycles. The van der Waals surface area contributed by atoms with Crippen LogP contribution < -0.4 is 4.74 Å². The molecule has 21 heavy (non-hydrogen) atoms. The van der Waals surface area contributed by atoms with Crippen molar-refractivity contribution in [2.45, 2.75) is 13.5 Å². The predicted octanol–water partition coefficient (Wildman–Crippen LogP) is 3.88. The molecule has 0 aliphatic rings. The fourth-order valence-corrected chi connectivity index (χ4v) is 2.69. The van der Waals surface area contributed by atoms with Gasteiger partial charge in [-0.05, 0) is 37.3 Å². The molecule has 3 aromatic rings. The van der Waals surface area contributed by atoms with Gasteiger partial charge >= 0.3 is 0 Å². The van der Waals surface area contributed by atoms with E-state index in [1.54, 1.807) is 7.11 Å². The van der Waals surface area contributed by atoms with E-state index >= 15 is 0 Å². The van der Waals surface area contributed by atoms with E-state index in [2.05, 4.69) is 29.7 Å². The van der Waals surface area contributed by atoms with Crippen LogP contribution in [0.3, 0.4) is 0 Å².